The first-order chi connectivity index (χ1) is 22.6. The number of benzene rings is 1. The van der Waals surface area contributed by atoms with Crippen molar-refractivity contribution in [2.75, 3.05) is 31.2 Å². The molecule has 0 bridgehead atoms. The first kappa shape index (κ1) is 30.1. The highest BCUT2D eigenvalue weighted by molar-refractivity contribution is 5.85. The van der Waals surface area contributed by atoms with Crippen molar-refractivity contribution < 1.29 is 4.79 Å². The molecule has 1 saturated heterocycles. The van der Waals surface area contributed by atoms with E-state index in [9.17, 15) is 4.79 Å². The third-order valence-electron chi connectivity index (χ3n) is 7.83. The van der Waals surface area contributed by atoms with E-state index in [1.54, 1.807) is 37.8 Å². The molecule has 0 aliphatic carbocycles. The van der Waals surface area contributed by atoms with Gasteiger partial charge in [-0.1, -0.05) is 12.1 Å². The summed E-state index contributed by atoms with van der Waals surface area (Å²) in [7, 11) is 1.80. The molecule has 1 fully saturated rings. The van der Waals surface area contributed by atoms with Gasteiger partial charge < -0.3 is 16.4 Å². The molecule has 1 aromatic carbocycles. The fourth-order valence-corrected chi connectivity index (χ4v) is 5.60. The number of pyridine rings is 2. The van der Waals surface area contributed by atoms with Crippen LogP contribution in [0, 0.1) is 11.3 Å². The van der Waals surface area contributed by atoms with Gasteiger partial charge in [-0.15, -0.1) is 0 Å². The number of nitrogen functional groups attached to an aromatic ring is 1. The highest BCUT2D eigenvalue weighted by Crippen LogP contribution is 2.31. The van der Waals surface area contributed by atoms with Gasteiger partial charge >= 0.3 is 0 Å². The van der Waals surface area contributed by atoms with Crippen LogP contribution in [-0.4, -0.2) is 66.9 Å². The van der Waals surface area contributed by atoms with Crippen LogP contribution in [0.1, 0.15) is 29.9 Å². The molecule has 0 radical (unpaired) electrons. The molecule has 0 saturated carbocycles. The average molecular weight is 612 g/mol. The Bertz CT molecular complexity index is 1950. The number of nitrogens with zero attached hydrogens (tertiary/aromatic N) is 8. The van der Waals surface area contributed by atoms with Crippen molar-refractivity contribution in [1.29, 1.82) is 5.26 Å². The van der Waals surface area contributed by atoms with Crippen molar-refractivity contribution >= 4 is 34.7 Å². The van der Waals surface area contributed by atoms with Gasteiger partial charge in [0.1, 0.15) is 29.5 Å². The number of carbonyl (C=O) groups is 1. The van der Waals surface area contributed by atoms with Crippen LogP contribution in [-0.2, 0) is 11.3 Å². The Labute approximate surface area is 266 Å². The molecule has 0 spiro atoms. The summed E-state index contributed by atoms with van der Waals surface area (Å²) >= 11 is 0. The minimum absolute atomic E-state index is 0.170. The van der Waals surface area contributed by atoms with E-state index >= 15 is 0 Å². The van der Waals surface area contributed by atoms with Gasteiger partial charge in [-0.3, -0.25) is 14.3 Å². The number of nitrogens with two attached hydrogens (primary N) is 1. The maximum atomic E-state index is 11.0. The predicted molar refractivity (Wildman–Crippen MR) is 177 cm³/mol. The van der Waals surface area contributed by atoms with Crippen molar-refractivity contribution in [3.8, 4) is 23.1 Å². The van der Waals surface area contributed by atoms with Crippen LogP contribution in [0.2, 0.25) is 0 Å². The summed E-state index contributed by atoms with van der Waals surface area (Å²) < 4.78 is 2.00. The second kappa shape index (κ2) is 13.8. The monoisotopic (exact) mass is 611 g/mol. The normalized spacial score (nSPS) is 14.4. The Kier molecular flexibility index (Phi) is 9.03. The van der Waals surface area contributed by atoms with Gasteiger partial charge in [-0.25, -0.2) is 24.9 Å². The topological polar surface area (TPSA) is 164 Å². The molecule has 4 N–H and O–H groups in total. The molecule has 12 heteroatoms. The van der Waals surface area contributed by atoms with Gasteiger partial charge in [0.15, 0.2) is 11.5 Å². The number of carbonyl (C=O) groups excluding carboxylic acids is 1. The standard InChI is InChI=1S/C34H33N11O/c1-37-21-24(4-3-19-46)28-10-11-29-34(41-28)45(33(42-29)27-5-2-15-39-32(27)36)26-8-6-23(7-9-26)22-44-17-13-25(14-18-44)40-30-12-16-38-31(20-35)43-30/h2-12,15-16,19,21,25,37H,13-14,17-18,22H2,1H3,(H2,36,39)(H,38,40,43)/b4-3-,24-21?. The third-order valence-corrected chi connectivity index (χ3v) is 7.83. The molecule has 1 aliphatic rings. The van der Waals surface area contributed by atoms with E-state index in [4.69, 9.17) is 21.0 Å². The summed E-state index contributed by atoms with van der Waals surface area (Å²) in [5, 5.41) is 15.5. The fourth-order valence-electron chi connectivity index (χ4n) is 5.60. The Morgan fingerprint density at radius 3 is 2.61 bits per heavy atom. The van der Waals surface area contributed by atoms with Crippen LogP contribution >= 0.6 is 0 Å². The predicted octanol–water partition coefficient (Wildman–Crippen LogP) is 4.12. The quantitative estimate of drug-likeness (QED) is 0.118. The summed E-state index contributed by atoms with van der Waals surface area (Å²) in [5.41, 5.74) is 11.9. The number of aldehydes is 1. The lowest BCUT2D eigenvalue weighted by Gasteiger charge is -2.32. The molecule has 0 atom stereocenters. The zero-order valence-corrected chi connectivity index (χ0v) is 25.3. The highest BCUT2D eigenvalue weighted by atomic mass is 16.1. The number of anilines is 2. The molecule has 5 aromatic rings. The molecule has 6 rings (SSSR count). The molecule has 1 aliphatic heterocycles. The summed E-state index contributed by atoms with van der Waals surface area (Å²) in [6.45, 7) is 2.72. The Morgan fingerprint density at radius 1 is 1.04 bits per heavy atom. The summed E-state index contributed by atoms with van der Waals surface area (Å²) in [4.78, 5) is 35.9. The number of piperidine rings is 1. The first-order valence-corrected chi connectivity index (χ1v) is 15.0. The molecule has 0 unspecified atom stereocenters. The van der Waals surface area contributed by atoms with Gasteiger partial charge in [0.25, 0.3) is 0 Å². The lowest BCUT2D eigenvalue weighted by atomic mass is 10.0. The first-order valence-electron chi connectivity index (χ1n) is 15.0. The number of imidazole rings is 1. The maximum absolute atomic E-state index is 11.0. The van der Waals surface area contributed by atoms with Crippen LogP contribution in [0.25, 0.3) is 33.8 Å². The number of hydrogen-bond donors (Lipinski definition) is 3. The molecular formula is C34H33N11O. The van der Waals surface area contributed by atoms with E-state index in [0.717, 1.165) is 50.0 Å². The van der Waals surface area contributed by atoms with Crippen LogP contribution in [0.3, 0.4) is 0 Å². The van der Waals surface area contributed by atoms with Gasteiger partial charge in [-0.05, 0) is 73.0 Å². The second-order valence-electron chi connectivity index (χ2n) is 10.9. The number of aromatic nitrogens is 6. The van der Waals surface area contributed by atoms with Crippen molar-refractivity contribution in [1.82, 2.24) is 39.7 Å². The number of likely N-dealkylation sites (tertiary alicyclic amines) is 1. The fraction of sp³-hybridized carbons (Fsp3) is 0.206. The van der Waals surface area contributed by atoms with E-state index in [1.165, 1.54) is 11.6 Å². The van der Waals surface area contributed by atoms with Crippen LogP contribution in [0.5, 0.6) is 0 Å². The Morgan fingerprint density at radius 2 is 1.87 bits per heavy atom. The number of allylic oxidation sites excluding steroid dienone is 3. The summed E-state index contributed by atoms with van der Waals surface area (Å²) in [5.74, 6) is 1.88. The van der Waals surface area contributed by atoms with E-state index < -0.39 is 0 Å². The lowest BCUT2D eigenvalue weighted by molar-refractivity contribution is -0.104. The van der Waals surface area contributed by atoms with Crippen molar-refractivity contribution in [2.45, 2.75) is 25.4 Å². The SMILES string of the molecule is CNC=C(/C=C\C=O)c1ccc2nc(-c3cccnc3N)n(-c3ccc(CN4CCC(Nc5ccnc(C#N)n5)CC4)cc3)c2n1. The molecule has 0 amide bonds. The molecular weight excluding hydrogens is 578 g/mol. The van der Waals surface area contributed by atoms with E-state index in [2.05, 4.69) is 54.8 Å². The molecule has 12 nitrogen and oxygen atoms in total. The zero-order chi connectivity index (χ0) is 31.9. The maximum Gasteiger partial charge on any atom is 0.234 e. The van der Waals surface area contributed by atoms with Gasteiger partial charge in [0, 0.05) is 62.6 Å². The van der Waals surface area contributed by atoms with Crippen molar-refractivity contribution in [3.63, 3.8) is 0 Å². The minimum atomic E-state index is 0.170. The number of rotatable bonds is 10. The van der Waals surface area contributed by atoms with Crippen molar-refractivity contribution in [3.05, 3.63) is 102 Å². The smallest absolute Gasteiger partial charge is 0.234 e. The zero-order valence-electron chi connectivity index (χ0n) is 25.3. The minimum Gasteiger partial charge on any atom is -0.393 e. The van der Waals surface area contributed by atoms with E-state index in [1.807, 2.05) is 34.9 Å². The van der Waals surface area contributed by atoms with Gasteiger partial charge in [0.05, 0.1) is 11.3 Å². The van der Waals surface area contributed by atoms with Gasteiger partial charge in [-0.2, -0.15) is 5.26 Å². The number of nitriles is 1. The number of hydrogen-bond acceptors (Lipinski definition) is 11. The molecule has 46 heavy (non-hydrogen) atoms. The lowest BCUT2D eigenvalue weighted by Crippen LogP contribution is -2.38. The summed E-state index contributed by atoms with van der Waals surface area (Å²) in [6, 6.07) is 20.0. The van der Waals surface area contributed by atoms with Crippen LogP contribution in [0.15, 0.2) is 85.3 Å². The molecule has 230 valence electrons. The Hall–Kier alpha value is -5.93. The second-order valence-corrected chi connectivity index (χ2v) is 10.9. The van der Waals surface area contributed by atoms with E-state index in [-0.39, 0.29) is 5.82 Å². The summed E-state index contributed by atoms with van der Waals surface area (Å²) in [6.07, 6.45) is 10.9. The number of nitrogens with one attached hydrogen (secondary N) is 2. The van der Waals surface area contributed by atoms with Crippen LogP contribution < -0.4 is 16.4 Å². The number of fused-ring (bicyclic) bond motifs is 1. The van der Waals surface area contributed by atoms with Crippen molar-refractivity contribution in [2.24, 2.45) is 0 Å². The molecule has 5 heterocycles. The third kappa shape index (κ3) is 6.59. The molecule has 4 aromatic heterocycles. The largest absolute Gasteiger partial charge is 0.393 e. The Balaban J connectivity index is 1.25. The van der Waals surface area contributed by atoms with Gasteiger partial charge in [0.2, 0.25) is 5.82 Å². The highest BCUT2D eigenvalue weighted by Gasteiger charge is 2.21. The van der Waals surface area contributed by atoms with E-state index in [0.29, 0.717) is 45.9 Å². The van der Waals surface area contributed by atoms with Crippen LogP contribution in [0.4, 0.5) is 11.6 Å². The average Bonchev–Trinajstić information content (AvgIpc) is 3.46.